The maximum absolute atomic E-state index is 3.55. The number of hydrogen-bond donors (Lipinski definition) is 0. The van der Waals surface area contributed by atoms with Gasteiger partial charge in [0.2, 0.25) is 0 Å². The highest BCUT2D eigenvalue weighted by Crippen LogP contribution is 2.13. The van der Waals surface area contributed by atoms with Crippen molar-refractivity contribution >= 4 is 15.9 Å². The van der Waals surface area contributed by atoms with Crippen molar-refractivity contribution in [2.75, 3.05) is 18.4 Å². The molecule has 0 aliphatic heterocycles. The number of hydrogen-bond acceptors (Lipinski definition) is 1. The van der Waals surface area contributed by atoms with Gasteiger partial charge in [-0.3, -0.25) is 4.90 Å². The van der Waals surface area contributed by atoms with Gasteiger partial charge < -0.3 is 0 Å². The Kier molecular flexibility index (Phi) is 9.00. The van der Waals surface area contributed by atoms with Crippen LogP contribution in [0.25, 0.3) is 0 Å². The van der Waals surface area contributed by atoms with Gasteiger partial charge in [-0.1, -0.05) is 50.0 Å². The van der Waals surface area contributed by atoms with Crippen molar-refractivity contribution in [2.24, 2.45) is 5.92 Å². The summed E-state index contributed by atoms with van der Waals surface area (Å²) in [6.07, 6.45) is 3.85. The Morgan fingerprint density at radius 1 is 1.07 bits per heavy atom. The minimum absolute atomic E-state index is 0.779. The van der Waals surface area contributed by atoms with Gasteiger partial charge in [0.15, 0.2) is 0 Å². The van der Waals surface area contributed by atoms with Gasteiger partial charge in [-0.2, -0.15) is 0 Å². The van der Waals surface area contributed by atoms with E-state index >= 15 is 0 Å². The van der Waals surface area contributed by atoms with Gasteiger partial charge in [0.1, 0.15) is 0 Å². The maximum Gasteiger partial charge on any atom is 0.0159 e. The lowest BCUT2D eigenvalue weighted by molar-refractivity contribution is 0.170. The fourth-order valence-corrected chi connectivity index (χ4v) is 2.32. The monoisotopic (exact) mass is 263 g/mol. The molecule has 0 amide bonds. The van der Waals surface area contributed by atoms with Crippen molar-refractivity contribution in [3.8, 4) is 0 Å². The quantitative estimate of drug-likeness (QED) is 0.601. The van der Waals surface area contributed by atoms with Crippen LogP contribution in [0.2, 0.25) is 0 Å². The molecule has 0 N–H and O–H groups in total. The van der Waals surface area contributed by atoms with E-state index in [2.05, 4.69) is 48.5 Å². The Morgan fingerprint density at radius 3 is 2.00 bits per heavy atom. The van der Waals surface area contributed by atoms with E-state index in [0.29, 0.717) is 0 Å². The van der Waals surface area contributed by atoms with E-state index in [4.69, 9.17) is 0 Å². The van der Waals surface area contributed by atoms with Crippen molar-refractivity contribution in [3.05, 3.63) is 0 Å². The highest BCUT2D eigenvalue weighted by atomic mass is 79.9. The van der Waals surface area contributed by atoms with Gasteiger partial charge in [-0.15, -0.1) is 0 Å². The summed E-state index contributed by atoms with van der Waals surface area (Å²) in [7, 11) is 0. The highest BCUT2D eigenvalue weighted by molar-refractivity contribution is 9.09. The first kappa shape index (κ1) is 14.4. The summed E-state index contributed by atoms with van der Waals surface area (Å²) in [5.74, 6) is 0.828. The van der Waals surface area contributed by atoms with Gasteiger partial charge in [-0.25, -0.2) is 0 Å². The van der Waals surface area contributed by atoms with Gasteiger partial charge in [0.05, 0.1) is 0 Å². The normalized spacial score (nSPS) is 13.9. The van der Waals surface area contributed by atoms with Crippen LogP contribution in [0, 0.1) is 5.92 Å². The Morgan fingerprint density at radius 2 is 1.64 bits per heavy atom. The second-order valence-electron chi connectivity index (χ2n) is 4.17. The summed E-state index contributed by atoms with van der Waals surface area (Å²) in [4.78, 5) is 2.64. The van der Waals surface area contributed by atoms with E-state index in [-0.39, 0.29) is 0 Å². The van der Waals surface area contributed by atoms with Crippen LogP contribution in [0.1, 0.15) is 47.0 Å². The molecule has 2 heteroatoms. The molecule has 0 saturated heterocycles. The SMILES string of the molecule is CCC(C)CN(CCBr)C(CC)CC. The molecule has 0 aromatic rings. The maximum atomic E-state index is 3.55. The molecule has 0 aromatic heterocycles. The topological polar surface area (TPSA) is 3.24 Å². The lowest BCUT2D eigenvalue weighted by Gasteiger charge is -2.31. The summed E-state index contributed by atoms with van der Waals surface area (Å²) in [5, 5.41) is 1.10. The molecule has 0 rings (SSSR count). The first-order valence-corrected chi connectivity index (χ1v) is 7.11. The average molecular weight is 264 g/mol. The van der Waals surface area contributed by atoms with E-state index in [9.17, 15) is 0 Å². The number of halogens is 1. The second-order valence-corrected chi connectivity index (χ2v) is 4.96. The third-order valence-electron chi connectivity index (χ3n) is 3.07. The smallest absolute Gasteiger partial charge is 0.0159 e. The molecule has 1 atom stereocenters. The van der Waals surface area contributed by atoms with Crippen molar-refractivity contribution in [1.29, 1.82) is 0 Å². The summed E-state index contributed by atoms with van der Waals surface area (Å²) >= 11 is 3.55. The average Bonchev–Trinajstić information content (AvgIpc) is 2.19. The fourth-order valence-electron chi connectivity index (χ4n) is 1.87. The summed E-state index contributed by atoms with van der Waals surface area (Å²) < 4.78 is 0. The Bertz CT molecular complexity index is 123. The minimum atomic E-state index is 0.779. The Hall–Kier alpha value is 0.440. The van der Waals surface area contributed by atoms with Crippen LogP contribution in [0.4, 0.5) is 0 Å². The van der Waals surface area contributed by atoms with Crippen LogP contribution >= 0.6 is 15.9 Å². The van der Waals surface area contributed by atoms with Crippen LogP contribution in [-0.4, -0.2) is 29.4 Å². The molecule has 14 heavy (non-hydrogen) atoms. The predicted octanol–water partition coefficient (Wildman–Crippen LogP) is 3.92. The molecule has 0 bridgehead atoms. The molecule has 0 spiro atoms. The van der Waals surface area contributed by atoms with Gasteiger partial charge in [0, 0.05) is 24.5 Å². The van der Waals surface area contributed by atoms with Crippen LogP contribution in [0.15, 0.2) is 0 Å². The molecule has 0 aliphatic carbocycles. The summed E-state index contributed by atoms with van der Waals surface area (Å²) in [6.45, 7) is 11.7. The lowest BCUT2D eigenvalue weighted by Crippen LogP contribution is -2.38. The van der Waals surface area contributed by atoms with Crippen LogP contribution in [-0.2, 0) is 0 Å². The third kappa shape index (κ3) is 5.35. The number of alkyl halides is 1. The summed E-state index contributed by atoms with van der Waals surface area (Å²) in [5.41, 5.74) is 0. The molecule has 0 saturated carbocycles. The first-order chi connectivity index (χ1) is 6.69. The van der Waals surface area contributed by atoms with Crippen molar-refractivity contribution in [2.45, 2.75) is 53.0 Å². The predicted molar refractivity (Wildman–Crippen MR) is 69.2 cm³/mol. The van der Waals surface area contributed by atoms with E-state index in [1.165, 1.54) is 32.4 Å². The van der Waals surface area contributed by atoms with Crippen molar-refractivity contribution in [1.82, 2.24) is 4.90 Å². The van der Waals surface area contributed by atoms with Crippen LogP contribution in [0.5, 0.6) is 0 Å². The molecule has 0 heterocycles. The zero-order valence-corrected chi connectivity index (χ0v) is 11.8. The molecule has 0 aliphatic rings. The zero-order chi connectivity index (χ0) is 11.0. The molecule has 0 aromatic carbocycles. The molecule has 0 radical (unpaired) electrons. The minimum Gasteiger partial charge on any atom is -0.299 e. The van der Waals surface area contributed by atoms with E-state index in [1.807, 2.05) is 0 Å². The van der Waals surface area contributed by atoms with E-state index in [1.54, 1.807) is 0 Å². The molecule has 0 fully saturated rings. The molecular formula is C12H26BrN. The molecular weight excluding hydrogens is 238 g/mol. The largest absolute Gasteiger partial charge is 0.299 e. The zero-order valence-electron chi connectivity index (χ0n) is 10.2. The van der Waals surface area contributed by atoms with Crippen molar-refractivity contribution < 1.29 is 0 Å². The van der Waals surface area contributed by atoms with Crippen molar-refractivity contribution in [3.63, 3.8) is 0 Å². The fraction of sp³-hybridized carbons (Fsp3) is 1.00. The Labute approximate surface area is 98.4 Å². The van der Waals surface area contributed by atoms with Crippen LogP contribution < -0.4 is 0 Å². The molecule has 86 valence electrons. The number of nitrogens with zero attached hydrogens (tertiary/aromatic N) is 1. The summed E-state index contributed by atoms with van der Waals surface area (Å²) in [6, 6.07) is 0.779. The van der Waals surface area contributed by atoms with Gasteiger partial charge >= 0.3 is 0 Å². The van der Waals surface area contributed by atoms with Gasteiger partial charge in [0.25, 0.3) is 0 Å². The Balaban J connectivity index is 4.10. The van der Waals surface area contributed by atoms with Gasteiger partial charge in [-0.05, 0) is 18.8 Å². The molecule has 1 nitrogen and oxygen atoms in total. The third-order valence-corrected chi connectivity index (χ3v) is 3.43. The first-order valence-electron chi connectivity index (χ1n) is 5.99. The standard InChI is InChI=1S/C12H26BrN/c1-5-11(4)10-14(9-8-13)12(6-2)7-3/h11-12H,5-10H2,1-4H3. The number of rotatable bonds is 8. The molecule has 1 unspecified atom stereocenters. The lowest BCUT2D eigenvalue weighted by atomic mass is 10.1. The second kappa shape index (κ2) is 8.72. The van der Waals surface area contributed by atoms with E-state index < -0.39 is 0 Å². The van der Waals surface area contributed by atoms with E-state index in [0.717, 1.165) is 17.3 Å². The van der Waals surface area contributed by atoms with Crippen LogP contribution in [0.3, 0.4) is 0 Å². The highest BCUT2D eigenvalue weighted by Gasteiger charge is 2.15.